The van der Waals surface area contributed by atoms with Crippen molar-refractivity contribution in [2.75, 3.05) is 26.2 Å². The molecule has 3 rings (SSSR count). The van der Waals surface area contributed by atoms with E-state index in [9.17, 15) is 9.59 Å². The third kappa shape index (κ3) is 4.28. The van der Waals surface area contributed by atoms with E-state index in [0.717, 1.165) is 28.7 Å². The monoisotopic (exact) mass is 368 g/mol. The van der Waals surface area contributed by atoms with Gasteiger partial charge in [0.25, 0.3) is 0 Å². The van der Waals surface area contributed by atoms with Crippen LogP contribution in [0.2, 0.25) is 0 Å². The number of unbranched alkanes of at least 4 members (excludes halogenated alkanes) is 1. The van der Waals surface area contributed by atoms with Crippen LogP contribution in [-0.2, 0) is 9.53 Å². The standard InChI is InChI=1S/C21H24N2O4/c22-11-5-6-12-23(13-20(24)25)21(26)27-14-19-17-9-3-1-7-15(17)16-8-2-4-10-18(16)19/h1-4,7-10,19H,5-6,11-14,22H2,(H,24,25). The number of ether oxygens (including phenoxy) is 1. The van der Waals surface area contributed by atoms with Crippen LogP contribution in [0.5, 0.6) is 0 Å². The average molecular weight is 368 g/mol. The average Bonchev–Trinajstić information content (AvgIpc) is 2.99. The number of carbonyl (C=O) groups is 2. The first-order valence-electron chi connectivity index (χ1n) is 9.13. The highest BCUT2D eigenvalue weighted by Gasteiger charge is 2.29. The molecular weight excluding hydrogens is 344 g/mol. The molecule has 0 aromatic heterocycles. The molecule has 1 aliphatic rings. The Kier molecular flexibility index (Phi) is 6.08. The Morgan fingerprint density at radius 1 is 1.00 bits per heavy atom. The molecule has 0 heterocycles. The van der Waals surface area contributed by atoms with Gasteiger partial charge in [0.2, 0.25) is 0 Å². The van der Waals surface area contributed by atoms with E-state index in [2.05, 4.69) is 12.1 Å². The van der Waals surface area contributed by atoms with Crippen molar-refractivity contribution >= 4 is 12.1 Å². The summed E-state index contributed by atoms with van der Waals surface area (Å²) in [5, 5.41) is 9.06. The van der Waals surface area contributed by atoms with Gasteiger partial charge in [0.15, 0.2) is 0 Å². The summed E-state index contributed by atoms with van der Waals surface area (Å²) in [6.45, 7) is 0.632. The number of nitrogens with two attached hydrogens (primary N) is 1. The SMILES string of the molecule is NCCCCN(CC(=O)O)C(=O)OCC1c2ccccc2-c2ccccc21. The quantitative estimate of drug-likeness (QED) is 0.699. The molecule has 0 fully saturated rings. The van der Waals surface area contributed by atoms with Crippen molar-refractivity contribution in [3.63, 3.8) is 0 Å². The van der Waals surface area contributed by atoms with E-state index >= 15 is 0 Å². The summed E-state index contributed by atoms with van der Waals surface area (Å²) in [4.78, 5) is 24.8. The molecule has 0 aliphatic heterocycles. The summed E-state index contributed by atoms with van der Waals surface area (Å²) in [6, 6.07) is 16.2. The van der Waals surface area contributed by atoms with Gasteiger partial charge in [0.05, 0.1) is 0 Å². The van der Waals surface area contributed by atoms with Crippen molar-refractivity contribution in [1.29, 1.82) is 0 Å². The lowest BCUT2D eigenvalue weighted by atomic mass is 9.98. The zero-order valence-corrected chi connectivity index (χ0v) is 15.1. The Bertz CT molecular complexity index is 776. The number of benzene rings is 2. The lowest BCUT2D eigenvalue weighted by Gasteiger charge is -2.22. The molecule has 0 radical (unpaired) electrons. The van der Waals surface area contributed by atoms with E-state index in [-0.39, 0.29) is 19.1 Å². The fraction of sp³-hybridized carbons (Fsp3) is 0.333. The van der Waals surface area contributed by atoms with Crippen molar-refractivity contribution in [2.24, 2.45) is 5.73 Å². The van der Waals surface area contributed by atoms with Crippen LogP contribution in [0.1, 0.15) is 29.9 Å². The number of amides is 1. The van der Waals surface area contributed by atoms with Crippen LogP contribution in [0.15, 0.2) is 48.5 Å². The van der Waals surface area contributed by atoms with Gasteiger partial charge in [0.1, 0.15) is 13.2 Å². The van der Waals surface area contributed by atoms with Crippen LogP contribution in [0.3, 0.4) is 0 Å². The van der Waals surface area contributed by atoms with Gasteiger partial charge in [-0.25, -0.2) is 4.79 Å². The Hall–Kier alpha value is -2.86. The Balaban J connectivity index is 1.71. The van der Waals surface area contributed by atoms with E-state index in [0.29, 0.717) is 19.5 Å². The first-order valence-corrected chi connectivity index (χ1v) is 9.13. The lowest BCUT2D eigenvalue weighted by molar-refractivity contribution is -0.138. The van der Waals surface area contributed by atoms with E-state index < -0.39 is 12.1 Å². The second-order valence-electron chi connectivity index (χ2n) is 6.62. The van der Waals surface area contributed by atoms with E-state index in [1.807, 2.05) is 36.4 Å². The van der Waals surface area contributed by atoms with Crippen molar-refractivity contribution in [1.82, 2.24) is 4.90 Å². The summed E-state index contributed by atoms with van der Waals surface area (Å²) >= 11 is 0. The summed E-state index contributed by atoms with van der Waals surface area (Å²) < 4.78 is 5.53. The highest BCUT2D eigenvalue weighted by atomic mass is 16.6. The molecule has 142 valence electrons. The van der Waals surface area contributed by atoms with E-state index in [4.69, 9.17) is 15.6 Å². The minimum atomic E-state index is -1.06. The zero-order chi connectivity index (χ0) is 19.2. The number of nitrogens with zero attached hydrogens (tertiary/aromatic N) is 1. The second kappa shape index (κ2) is 8.68. The van der Waals surface area contributed by atoms with Gasteiger partial charge in [-0.05, 0) is 41.6 Å². The molecule has 0 spiro atoms. The number of hydrogen-bond donors (Lipinski definition) is 2. The van der Waals surface area contributed by atoms with Crippen molar-refractivity contribution in [3.8, 4) is 11.1 Å². The van der Waals surface area contributed by atoms with Gasteiger partial charge in [-0.1, -0.05) is 48.5 Å². The predicted octanol–water partition coefficient (Wildman–Crippen LogP) is 3.06. The van der Waals surface area contributed by atoms with Crippen molar-refractivity contribution < 1.29 is 19.4 Å². The maximum Gasteiger partial charge on any atom is 0.410 e. The first-order chi connectivity index (χ1) is 13.1. The molecule has 6 heteroatoms. The number of carboxylic acids is 1. The van der Waals surface area contributed by atoms with E-state index in [1.165, 1.54) is 4.90 Å². The van der Waals surface area contributed by atoms with Crippen molar-refractivity contribution in [3.05, 3.63) is 59.7 Å². The molecule has 0 bridgehead atoms. The molecule has 0 saturated heterocycles. The smallest absolute Gasteiger partial charge is 0.410 e. The topological polar surface area (TPSA) is 92.9 Å². The van der Waals surface area contributed by atoms with Crippen LogP contribution >= 0.6 is 0 Å². The molecule has 1 amide bonds. The molecule has 0 atom stereocenters. The molecule has 2 aromatic carbocycles. The third-order valence-electron chi connectivity index (χ3n) is 4.80. The molecule has 0 unspecified atom stereocenters. The Morgan fingerprint density at radius 2 is 1.59 bits per heavy atom. The summed E-state index contributed by atoms with van der Waals surface area (Å²) in [5.74, 6) is -1.10. The van der Waals surface area contributed by atoms with Gasteiger partial charge >= 0.3 is 12.1 Å². The van der Waals surface area contributed by atoms with Gasteiger partial charge in [-0.15, -0.1) is 0 Å². The zero-order valence-electron chi connectivity index (χ0n) is 15.1. The van der Waals surface area contributed by atoms with Crippen LogP contribution in [0.4, 0.5) is 4.79 Å². The van der Waals surface area contributed by atoms with Crippen LogP contribution in [0, 0.1) is 0 Å². The first kappa shape index (κ1) is 18.9. The minimum Gasteiger partial charge on any atom is -0.480 e. The molecule has 3 N–H and O–H groups in total. The Labute approximate surface area is 158 Å². The molecule has 0 saturated carbocycles. The summed E-state index contributed by atoms with van der Waals surface area (Å²) in [5.41, 5.74) is 10.0. The number of fused-ring (bicyclic) bond motifs is 3. The van der Waals surface area contributed by atoms with Crippen molar-refractivity contribution in [2.45, 2.75) is 18.8 Å². The molecular formula is C21H24N2O4. The number of rotatable bonds is 8. The fourth-order valence-corrected chi connectivity index (χ4v) is 3.53. The normalized spacial score (nSPS) is 12.3. The summed E-state index contributed by atoms with van der Waals surface area (Å²) in [7, 11) is 0. The molecule has 1 aliphatic carbocycles. The number of aliphatic carboxylic acids is 1. The minimum absolute atomic E-state index is 0.0444. The largest absolute Gasteiger partial charge is 0.480 e. The predicted molar refractivity (Wildman–Crippen MR) is 103 cm³/mol. The fourth-order valence-electron chi connectivity index (χ4n) is 3.53. The van der Waals surface area contributed by atoms with Gasteiger partial charge < -0.3 is 15.6 Å². The molecule has 6 nitrogen and oxygen atoms in total. The highest BCUT2D eigenvalue weighted by molar-refractivity contribution is 5.79. The number of carbonyl (C=O) groups excluding carboxylic acids is 1. The van der Waals surface area contributed by atoms with Crippen LogP contribution < -0.4 is 5.73 Å². The van der Waals surface area contributed by atoms with Gasteiger partial charge in [0, 0.05) is 12.5 Å². The van der Waals surface area contributed by atoms with Crippen LogP contribution in [-0.4, -0.2) is 48.3 Å². The van der Waals surface area contributed by atoms with E-state index in [1.54, 1.807) is 0 Å². The second-order valence-corrected chi connectivity index (χ2v) is 6.62. The number of hydrogen-bond acceptors (Lipinski definition) is 4. The number of carboxylic acid groups (broad SMARTS) is 1. The Morgan fingerprint density at radius 3 is 2.15 bits per heavy atom. The van der Waals surface area contributed by atoms with Gasteiger partial charge in [-0.2, -0.15) is 0 Å². The molecule has 27 heavy (non-hydrogen) atoms. The lowest BCUT2D eigenvalue weighted by Crippen LogP contribution is -2.37. The highest BCUT2D eigenvalue weighted by Crippen LogP contribution is 2.44. The third-order valence-corrected chi connectivity index (χ3v) is 4.80. The maximum absolute atomic E-state index is 12.5. The summed E-state index contributed by atoms with van der Waals surface area (Å²) in [6.07, 6.45) is 0.775. The van der Waals surface area contributed by atoms with Gasteiger partial charge in [-0.3, -0.25) is 9.69 Å². The molecule has 2 aromatic rings. The maximum atomic E-state index is 12.5. The van der Waals surface area contributed by atoms with Crippen LogP contribution in [0.25, 0.3) is 11.1 Å².